The zero-order valence-electron chi connectivity index (χ0n) is 15.6. The number of nitrogens with zero attached hydrogens (tertiary/aromatic N) is 1. The lowest BCUT2D eigenvalue weighted by Gasteiger charge is -2.25. The van der Waals surface area contributed by atoms with E-state index in [9.17, 15) is 18.4 Å². The highest BCUT2D eigenvalue weighted by Crippen LogP contribution is 2.43. The van der Waals surface area contributed by atoms with E-state index in [-0.39, 0.29) is 23.3 Å². The molecule has 2 aromatic carbocycles. The summed E-state index contributed by atoms with van der Waals surface area (Å²) in [7, 11) is 0. The predicted octanol–water partition coefficient (Wildman–Crippen LogP) is 5.26. The van der Waals surface area contributed by atoms with E-state index in [1.807, 2.05) is 6.07 Å². The lowest BCUT2D eigenvalue weighted by atomic mass is 10.1. The molecule has 0 bridgehead atoms. The topological polar surface area (TPSA) is 49.4 Å². The van der Waals surface area contributed by atoms with Gasteiger partial charge in [0.05, 0.1) is 11.4 Å². The normalized spacial score (nSPS) is 16.5. The van der Waals surface area contributed by atoms with Crippen LogP contribution in [-0.2, 0) is 9.59 Å². The van der Waals surface area contributed by atoms with Crippen molar-refractivity contribution in [1.82, 2.24) is 0 Å². The van der Waals surface area contributed by atoms with E-state index in [0.29, 0.717) is 12.1 Å². The van der Waals surface area contributed by atoms with E-state index in [1.165, 1.54) is 22.7 Å². The second-order valence-corrected chi connectivity index (χ2v) is 7.72. The molecule has 0 radical (unpaired) electrons. The summed E-state index contributed by atoms with van der Waals surface area (Å²) >= 11 is 1.37. The van der Waals surface area contributed by atoms with Crippen LogP contribution < -0.4 is 10.2 Å². The minimum atomic E-state index is -0.777. The molecule has 3 rings (SSSR count). The third-order valence-electron chi connectivity index (χ3n) is 4.50. The van der Waals surface area contributed by atoms with Crippen molar-refractivity contribution in [3.8, 4) is 0 Å². The smallest absolute Gasteiger partial charge is 0.238 e. The highest BCUT2D eigenvalue weighted by Gasteiger charge is 2.35. The quantitative estimate of drug-likeness (QED) is 0.640. The van der Waals surface area contributed by atoms with Crippen LogP contribution in [0.4, 0.5) is 20.2 Å². The fourth-order valence-electron chi connectivity index (χ4n) is 3.14. The van der Waals surface area contributed by atoms with Crippen LogP contribution in [-0.4, -0.2) is 17.6 Å². The Morgan fingerprint density at radius 3 is 2.79 bits per heavy atom. The first-order valence-corrected chi connectivity index (χ1v) is 10.3. The van der Waals surface area contributed by atoms with Gasteiger partial charge in [-0.15, -0.1) is 11.8 Å². The number of rotatable bonds is 7. The number of halogens is 2. The molecule has 0 aliphatic carbocycles. The van der Waals surface area contributed by atoms with Gasteiger partial charge in [0, 0.05) is 18.2 Å². The molecule has 0 saturated carbocycles. The number of thioether (sulfide) groups is 1. The number of carbonyl (C=O) groups is 2. The Labute approximate surface area is 167 Å². The maximum Gasteiger partial charge on any atom is 0.238 e. The molecule has 1 unspecified atom stereocenters. The fourth-order valence-corrected chi connectivity index (χ4v) is 4.30. The zero-order chi connectivity index (χ0) is 20.1. The van der Waals surface area contributed by atoms with Crippen LogP contribution in [0.5, 0.6) is 0 Å². The van der Waals surface area contributed by atoms with Crippen molar-refractivity contribution >= 4 is 35.0 Å². The van der Waals surface area contributed by atoms with Gasteiger partial charge in [0.25, 0.3) is 0 Å². The third kappa shape index (κ3) is 4.70. The molecule has 0 spiro atoms. The van der Waals surface area contributed by atoms with Gasteiger partial charge in [0.2, 0.25) is 11.8 Å². The monoisotopic (exact) mass is 404 g/mol. The van der Waals surface area contributed by atoms with Gasteiger partial charge >= 0.3 is 0 Å². The Morgan fingerprint density at radius 1 is 1.21 bits per heavy atom. The summed E-state index contributed by atoms with van der Waals surface area (Å²) in [6.07, 6.45) is 3.35. The largest absolute Gasteiger partial charge is 0.326 e. The minimum absolute atomic E-state index is 0.0513. The molecule has 1 aliphatic heterocycles. The van der Waals surface area contributed by atoms with Crippen LogP contribution in [0.1, 0.15) is 43.5 Å². The van der Waals surface area contributed by atoms with Gasteiger partial charge in [-0.2, -0.15) is 0 Å². The molecule has 1 aliphatic rings. The van der Waals surface area contributed by atoms with Gasteiger partial charge in [-0.25, -0.2) is 8.78 Å². The van der Waals surface area contributed by atoms with Crippen molar-refractivity contribution in [2.75, 3.05) is 16.0 Å². The summed E-state index contributed by atoms with van der Waals surface area (Å²) in [5.74, 6) is -1.56. The summed E-state index contributed by atoms with van der Waals surface area (Å²) in [4.78, 5) is 25.8. The summed E-state index contributed by atoms with van der Waals surface area (Å²) in [5.41, 5.74) is 1.46. The van der Waals surface area contributed by atoms with Crippen molar-refractivity contribution in [1.29, 1.82) is 0 Å². The number of anilines is 2. The molecule has 28 heavy (non-hydrogen) atoms. The van der Waals surface area contributed by atoms with Crippen LogP contribution in [0.3, 0.4) is 0 Å². The van der Waals surface area contributed by atoms with Crippen LogP contribution in [0.15, 0.2) is 42.5 Å². The summed E-state index contributed by atoms with van der Waals surface area (Å²) in [6, 6.07) is 10.4. The van der Waals surface area contributed by atoms with Gasteiger partial charge in [0.15, 0.2) is 0 Å². The number of nitrogens with one attached hydrogen (secondary N) is 1. The van der Waals surface area contributed by atoms with E-state index in [0.717, 1.165) is 37.0 Å². The zero-order valence-corrected chi connectivity index (χ0v) is 16.4. The standard InChI is InChI=1S/C21H22F2N2O2S/c1-2-3-4-8-19(26)24-16-7-5-6-14(11-16)21-25(20(27)13-28-21)18-10-9-15(22)12-17(18)23/h5-7,9-12,21H,2-4,8,13H2,1H3,(H,24,26). The van der Waals surface area contributed by atoms with E-state index >= 15 is 0 Å². The predicted molar refractivity (Wildman–Crippen MR) is 108 cm³/mol. The van der Waals surface area contributed by atoms with Crippen molar-refractivity contribution in [2.24, 2.45) is 0 Å². The molecule has 1 fully saturated rings. The summed E-state index contributed by atoms with van der Waals surface area (Å²) < 4.78 is 27.5. The van der Waals surface area contributed by atoms with E-state index in [2.05, 4.69) is 12.2 Å². The second kappa shape index (κ2) is 9.19. The Balaban J connectivity index is 1.80. The average molecular weight is 404 g/mol. The van der Waals surface area contributed by atoms with Crippen LogP contribution in [0.25, 0.3) is 0 Å². The van der Waals surface area contributed by atoms with Crippen molar-refractivity contribution < 1.29 is 18.4 Å². The number of benzene rings is 2. The minimum Gasteiger partial charge on any atom is -0.326 e. The molecule has 148 valence electrons. The van der Waals surface area contributed by atoms with Crippen LogP contribution in [0, 0.1) is 11.6 Å². The average Bonchev–Trinajstić information content (AvgIpc) is 3.04. The second-order valence-electron chi connectivity index (χ2n) is 6.65. The lowest BCUT2D eigenvalue weighted by Crippen LogP contribution is -2.28. The molecular formula is C21H22F2N2O2S. The van der Waals surface area contributed by atoms with Crippen LogP contribution in [0.2, 0.25) is 0 Å². The van der Waals surface area contributed by atoms with Gasteiger partial charge in [-0.05, 0) is 36.2 Å². The molecule has 2 amide bonds. The van der Waals surface area contributed by atoms with E-state index < -0.39 is 17.0 Å². The van der Waals surface area contributed by atoms with Gasteiger partial charge < -0.3 is 5.32 Å². The first-order chi connectivity index (χ1) is 13.5. The number of amides is 2. The first-order valence-electron chi connectivity index (χ1n) is 9.28. The fraction of sp³-hybridized carbons (Fsp3) is 0.333. The summed E-state index contributed by atoms with van der Waals surface area (Å²) in [5, 5.41) is 2.43. The maximum atomic E-state index is 14.3. The van der Waals surface area contributed by atoms with E-state index in [1.54, 1.807) is 18.2 Å². The Hall–Kier alpha value is -2.41. The molecule has 1 heterocycles. The molecule has 1 saturated heterocycles. The number of hydrogen-bond donors (Lipinski definition) is 1. The number of hydrogen-bond acceptors (Lipinski definition) is 3. The SMILES string of the molecule is CCCCCC(=O)Nc1cccc(C2SCC(=O)N2c2ccc(F)cc2F)c1. The Bertz CT molecular complexity index is 875. The third-order valence-corrected chi connectivity index (χ3v) is 5.71. The lowest BCUT2D eigenvalue weighted by molar-refractivity contribution is -0.117. The highest BCUT2D eigenvalue weighted by atomic mass is 32.2. The molecule has 0 aromatic heterocycles. The Kier molecular flexibility index (Phi) is 6.67. The molecule has 1 atom stereocenters. The van der Waals surface area contributed by atoms with Crippen molar-refractivity contribution in [3.63, 3.8) is 0 Å². The highest BCUT2D eigenvalue weighted by molar-refractivity contribution is 8.00. The van der Waals surface area contributed by atoms with Crippen molar-refractivity contribution in [3.05, 3.63) is 59.7 Å². The molecule has 4 nitrogen and oxygen atoms in total. The number of carbonyl (C=O) groups excluding carboxylic acids is 2. The number of unbranched alkanes of at least 4 members (excludes halogenated alkanes) is 2. The molecule has 7 heteroatoms. The maximum absolute atomic E-state index is 14.3. The van der Waals surface area contributed by atoms with E-state index in [4.69, 9.17) is 0 Å². The first kappa shape index (κ1) is 20.3. The van der Waals surface area contributed by atoms with Gasteiger partial charge in [-0.3, -0.25) is 14.5 Å². The van der Waals surface area contributed by atoms with Gasteiger partial charge in [0.1, 0.15) is 17.0 Å². The molecule has 1 N–H and O–H groups in total. The van der Waals surface area contributed by atoms with Crippen LogP contribution >= 0.6 is 11.8 Å². The molecular weight excluding hydrogens is 382 g/mol. The summed E-state index contributed by atoms with van der Waals surface area (Å²) in [6.45, 7) is 2.08. The van der Waals surface area contributed by atoms with Gasteiger partial charge in [-0.1, -0.05) is 31.9 Å². The van der Waals surface area contributed by atoms with Crippen molar-refractivity contribution in [2.45, 2.75) is 38.0 Å². The Morgan fingerprint density at radius 2 is 2.04 bits per heavy atom. The molecule has 2 aromatic rings.